The first-order chi connectivity index (χ1) is 6.65. The molecule has 0 aliphatic rings. The summed E-state index contributed by atoms with van der Waals surface area (Å²) in [6, 6.07) is 5.95. The Labute approximate surface area is 90.7 Å². The van der Waals surface area contributed by atoms with E-state index >= 15 is 0 Å². The lowest BCUT2D eigenvalue weighted by Crippen LogP contribution is -2.21. The summed E-state index contributed by atoms with van der Waals surface area (Å²) in [7, 11) is 2.08. The molecule has 0 aliphatic carbocycles. The van der Waals surface area contributed by atoms with Gasteiger partial charge in [0.1, 0.15) is 0 Å². The van der Waals surface area contributed by atoms with E-state index in [9.17, 15) is 0 Å². The van der Waals surface area contributed by atoms with Crippen molar-refractivity contribution in [3.05, 3.63) is 28.8 Å². The van der Waals surface area contributed by atoms with Crippen LogP contribution in [0.15, 0.2) is 18.2 Å². The standard InChI is InChI=1S/C11H17ClN2/c1-9-8-10(12)4-5-11(9)14(2)7-3-6-13/h4-5,8H,3,6-7,13H2,1-2H3. The summed E-state index contributed by atoms with van der Waals surface area (Å²) >= 11 is 5.89. The SMILES string of the molecule is Cc1cc(Cl)ccc1N(C)CCCN. The van der Waals surface area contributed by atoms with Gasteiger partial charge < -0.3 is 10.6 Å². The molecule has 0 heterocycles. The number of anilines is 1. The zero-order valence-corrected chi connectivity index (χ0v) is 9.51. The second kappa shape index (κ2) is 5.23. The third kappa shape index (κ3) is 2.89. The highest BCUT2D eigenvalue weighted by molar-refractivity contribution is 6.30. The fourth-order valence-electron chi connectivity index (χ4n) is 1.50. The molecule has 78 valence electrons. The van der Waals surface area contributed by atoms with Crippen LogP contribution in [0.4, 0.5) is 5.69 Å². The molecule has 1 rings (SSSR count). The first kappa shape index (κ1) is 11.3. The van der Waals surface area contributed by atoms with Gasteiger partial charge in [0, 0.05) is 24.3 Å². The van der Waals surface area contributed by atoms with Gasteiger partial charge in [0.05, 0.1) is 0 Å². The Bertz CT molecular complexity index is 299. The van der Waals surface area contributed by atoms with Crippen molar-refractivity contribution in [1.82, 2.24) is 0 Å². The third-order valence-corrected chi connectivity index (χ3v) is 2.50. The number of hydrogen-bond donors (Lipinski definition) is 1. The predicted molar refractivity (Wildman–Crippen MR) is 63.1 cm³/mol. The van der Waals surface area contributed by atoms with Gasteiger partial charge in [-0.2, -0.15) is 0 Å². The molecule has 2 N–H and O–H groups in total. The summed E-state index contributed by atoms with van der Waals surface area (Å²) in [5.41, 5.74) is 7.90. The topological polar surface area (TPSA) is 29.3 Å². The Morgan fingerprint density at radius 3 is 2.71 bits per heavy atom. The number of benzene rings is 1. The van der Waals surface area contributed by atoms with E-state index < -0.39 is 0 Å². The van der Waals surface area contributed by atoms with Crippen LogP contribution in [0, 0.1) is 6.92 Å². The van der Waals surface area contributed by atoms with Crippen LogP contribution in [0.3, 0.4) is 0 Å². The number of hydrogen-bond acceptors (Lipinski definition) is 2. The minimum atomic E-state index is 0.733. The summed E-state index contributed by atoms with van der Waals surface area (Å²) in [6.07, 6.45) is 1.01. The monoisotopic (exact) mass is 212 g/mol. The number of nitrogens with two attached hydrogens (primary N) is 1. The molecule has 2 nitrogen and oxygen atoms in total. The number of rotatable bonds is 4. The Hall–Kier alpha value is -0.730. The van der Waals surface area contributed by atoms with Crippen LogP contribution in [0.5, 0.6) is 0 Å². The average Bonchev–Trinajstić information content (AvgIpc) is 2.14. The zero-order chi connectivity index (χ0) is 10.6. The summed E-state index contributed by atoms with van der Waals surface area (Å²) in [5.74, 6) is 0. The normalized spacial score (nSPS) is 10.3. The van der Waals surface area contributed by atoms with Crippen molar-refractivity contribution in [2.45, 2.75) is 13.3 Å². The second-order valence-electron chi connectivity index (χ2n) is 3.49. The third-order valence-electron chi connectivity index (χ3n) is 2.27. The van der Waals surface area contributed by atoms with Crippen LogP contribution in [0.25, 0.3) is 0 Å². The number of halogens is 1. The molecule has 0 radical (unpaired) electrons. The van der Waals surface area contributed by atoms with Gasteiger partial charge in [-0.05, 0) is 43.7 Å². The molecule has 0 spiro atoms. The molecule has 14 heavy (non-hydrogen) atoms. The Morgan fingerprint density at radius 1 is 1.43 bits per heavy atom. The first-order valence-corrected chi connectivity index (χ1v) is 5.20. The average molecular weight is 213 g/mol. The highest BCUT2D eigenvalue weighted by atomic mass is 35.5. The van der Waals surface area contributed by atoms with Crippen molar-refractivity contribution in [2.24, 2.45) is 5.73 Å². The minimum absolute atomic E-state index is 0.733. The predicted octanol–water partition coefficient (Wildman–Crippen LogP) is 2.43. The molecule has 0 bridgehead atoms. The quantitative estimate of drug-likeness (QED) is 0.831. The Morgan fingerprint density at radius 2 is 2.14 bits per heavy atom. The van der Waals surface area contributed by atoms with Crippen LogP contribution >= 0.6 is 11.6 Å². The highest BCUT2D eigenvalue weighted by Gasteiger charge is 2.03. The largest absolute Gasteiger partial charge is 0.374 e. The van der Waals surface area contributed by atoms with E-state index in [0.29, 0.717) is 0 Å². The van der Waals surface area contributed by atoms with Crippen LogP contribution in [-0.4, -0.2) is 20.1 Å². The van der Waals surface area contributed by atoms with Gasteiger partial charge in [-0.15, -0.1) is 0 Å². The van der Waals surface area contributed by atoms with E-state index in [1.54, 1.807) is 0 Å². The fourth-order valence-corrected chi connectivity index (χ4v) is 1.72. The molecule has 0 atom stereocenters. The molecule has 0 saturated carbocycles. The van der Waals surface area contributed by atoms with E-state index in [1.807, 2.05) is 18.2 Å². The molecular formula is C11H17ClN2. The van der Waals surface area contributed by atoms with E-state index in [2.05, 4.69) is 18.9 Å². The highest BCUT2D eigenvalue weighted by Crippen LogP contribution is 2.22. The van der Waals surface area contributed by atoms with Gasteiger partial charge in [0.2, 0.25) is 0 Å². The van der Waals surface area contributed by atoms with Crippen LogP contribution in [0.1, 0.15) is 12.0 Å². The van der Waals surface area contributed by atoms with Gasteiger partial charge in [0.15, 0.2) is 0 Å². The summed E-state index contributed by atoms with van der Waals surface area (Å²) < 4.78 is 0. The number of aryl methyl sites for hydroxylation is 1. The molecule has 0 fully saturated rings. The van der Waals surface area contributed by atoms with Crippen molar-refractivity contribution in [3.8, 4) is 0 Å². The van der Waals surface area contributed by atoms with Crippen molar-refractivity contribution in [2.75, 3.05) is 25.0 Å². The van der Waals surface area contributed by atoms with Gasteiger partial charge >= 0.3 is 0 Å². The lowest BCUT2D eigenvalue weighted by molar-refractivity contribution is 0.794. The summed E-state index contributed by atoms with van der Waals surface area (Å²) in [5, 5.41) is 0.790. The van der Waals surface area contributed by atoms with Crippen molar-refractivity contribution < 1.29 is 0 Å². The lowest BCUT2D eigenvalue weighted by Gasteiger charge is -2.21. The van der Waals surface area contributed by atoms with Gasteiger partial charge in [-0.3, -0.25) is 0 Å². The van der Waals surface area contributed by atoms with Crippen LogP contribution in [-0.2, 0) is 0 Å². The minimum Gasteiger partial charge on any atom is -0.374 e. The number of nitrogens with zero attached hydrogens (tertiary/aromatic N) is 1. The molecule has 0 saturated heterocycles. The van der Waals surface area contributed by atoms with E-state index in [1.165, 1.54) is 11.3 Å². The van der Waals surface area contributed by atoms with Crippen molar-refractivity contribution >= 4 is 17.3 Å². The smallest absolute Gasteiger partial charge is 0.0410 e. The van der Waals surface area contributed by atoms with E-state index in [-0.39, 0.29) is 0 Å². The zero-order valence-electron chi connectivity index (χ0n) is 8.76. The Kier molecular flexibility index (Phi) is 4.23. The molecule has 1 aromatic rings. The van der Waals surface area contributed by atoms with Gasteiger partial charge in [-0.1, -0.05) is 11.6 Å². The van der Waals surface area contributed by atoms with Crippen LogP contribution in [0.2, 0.25) is 5.02 Å². The van der Waals surface area contributed by atoms with Gasteiger partial charge in [0.25, 0.3) is 0 Å². The fraction of sp³-hybridized carbons (Fsp3) is 0.455. The molecule has 0 amide bonds. The summed E-state index contributed by atoms with van der Waals surface area (Å²) in [6.45, 7) is 3.79. The Balaban J connectivity index is 2.74. The van der Waals surface area contributed by atoms with E-state index in [0.717, 1.165) is 24.5 Å². The summed E-state index contributed by atoms with van der Waals surface area (Å²) in [4.78, 5) is 2.21. The maximum atomic E-state index is 5.89. The lowest BCUT2D eigenvalue weighted by atomic mass is 10.2. The molecule has 0 aliphatic heterocycles. The van der Waals surface area contributed by atoms with Gasteiger partial charge in [-0.25, -0.2) is 0 Å². The van der Waals surface area contributed by atoms with E-state index in [4.69, 9.17) is 17.3 Å². The van der Waals surface area contributed by atoms with Crippen LogP contribution < -0.4 is 10.6 Å². The maximum Gasteiger partial charge on any atom is 0.0410 e. The molecular weight excluding hydrogens is 196 g/mol. The van der Waals surface area contributed by atoms with Crippen molar-refractivity contribution in [3.63, 3.8) is 0 Å². The van der Waals surface area contributed by atoms with Crippen molar-refractivity contribution in [1.29, 1.82) is 0 Å². The second-order valence-corrected chi connectivity index (χ2v) is 3.93. The maximum absolute atomic E-state index is 5.89. The molecule has 1 aromatic carbocycles. The first-order valence-electron chi connectivity index (χ1n) is 4.82. The molecule has 3 heteroatoms. The molecule has 0 aromatic heterocycles. The molecule has 0 unspecified atom stereocenters.